The first kappa shape index (κ1) is 17.7. The molecule has 26 heavy (non-hydrogen) atoms. The van der Waals surface area contributed by atoms with Gasteiger partial charge in [-0.2, -0.15) is 0 Å². The van der Waals surface area contributed by atoms with Gasteiger partial charge in [0.2, 0.25) is 0 Å². The number of esters is 1. The second-order valence-corrected chi connectivity index (χ2v) is 6.06. The van der Waals surface area contributed by atoms with Crippen molar-refractivity contribution in [2.24, 2.45) is 0 Å². The summed E-state index contributed by atoms with van der Waals surface area (Å²) < 4.78 is 10.2. The van der Waals surface area contributed by atoms with Crippen LogP contribution in [0.1, 0.15) is 23.1 Å². The van der Waals surface area contributed by atoms with Crippen LogP contribution >= 0.6 is 0 Å². The van der Waals surface area contributed by atoms with E-state index in [1.807, 2.05) is 60.7 Å². The number of ketones is 1. The van der Waals surface area contributed by atoms with Crippen LogP contribution in [0.5, 0.6) is 5.75 Å². The van der Waals surface area contributed by atoms with Gasteiger partial charge in [-0.05, 0) is 41.3 Å². The molecule has 0 saturated heterocycles. The third-order valence-corrected chi connectivity index (χ3v) is 4.64. The largest absolute Gasteiger partial charge is 0.497 e. The summed E-state index contributed by atoms with van der Waals surface area (Å²) in [5.74, 6) is -0.0317. The lowest BCUT2D eigenvalue weighted by Gasteiger charge is -2.31. The molecule has 0 aliphatic heterocycles. The zero-order chi connectivity index (χ0) is 18.6. The van der Waals surface area contributed by atoms with Gasteiger partial charge in [0, 0.05) is 0 Å². The lowest BCUT2D eigenvalue weighted by molar-refractivity contribution is -0.150. The van der Waals surface area contributed by atoms with Gasteiger partial charge in [0.05, 0.1) is 14.2 Å². The summed E-state index contributed by atoms with van der Waals surface area (Å²) in [4.78, 5) is 25.4. The summed E-state index contributed by atoms with van der Waals surface area (Å²) in [6.07, 6.45) is 7.16. The van der Waals surface area contributed by atoms with Crippen molar-refractivity contribution in [3.05, 3.63) is 77.4 Å². The highest BCUT2D eigenvalue weighted by molar-refractivity contribution is 6.18. The van der Waals surface area contributed by atoms with Crippen LogP contribution in [0, 0.1) is 0 Å². The van der Waals surface area contributed by atoms with Gasteiger partial charge >= 0.3 is 5.97 Å². The first-order chi connectivity index (χ1) is 12.6. The van der Waals surface area contributed by atoms with Crippen molar-refractivity contribution >= 4 is 23.9 Å². The van der Waals surface area contributed by atoms with Crippen LogP contribution < -0.4 is 4.74 Å². The molecule has 0 bridgehead atoms. The van der Waals surface area contributed by atoms with E-state index in [4.69, 9.17) is 9.47 Å². The Balaban J connectivity index is 1.96. The van der Waals surface area contributed by atoms with Crippen LogP contribution in [-0.2, 0) is 19.7 Å². The molecule has 0 fully saturated rings. The number of methoxy groups -OCH3 is 2. The summed E-state index contributed by atoms with van der Waals surface area (Å²) in [6.45, 7) is 0. The van der Waals surface area contributed by atoms with E-state index >= 15 is 0 Å². The van der Waals surface area contributed by atoms with Gasteiger partial charge in [-0.3, -0.25) is 9.59 Å². The van der Waals surface area contributed by atoms with Crippen molar-refractivity contribution in [3.8, 4) is 5.75 Å². The third kappa shape index (κ3) is 3.06. The Kier molecular flexibility index (Phi) is 5.03. The summed E-state index contributed by atoms with van der Waals surface area (Å²) in [5, 5.41) is 0. The number of rotatable bonds is 5. The average Bonchev–Trinajstić information content (AvgIpc) is 2.69. The van der Waals surface area contributed by atoms with Crippen molar-refractivity contribution in [1.82, 2.24) is 0 Å². The number of hydrogen-bond donors (Lipinski definition) is 0. The Morgan fingerprint density at radius 1 is 1.04 bits per heavy atom. The first-order valence-electron chi connectivity index (χ1n) is 8.33. The van der Waals surface area contributed by atoms with Crippen LogP contribution in [0.25, 0.3) is 12.2 Å². The van der Waals surface area contributed by atoms with Crippen LogP contribution in [0.3, 0.4) is 0 Å². The molecule has 1 atom stereocenters. The molecule has 0 N–H and O–H groups in total. The van der Waals surface area contributed by atoms with Crippen LogP contribution in [0.4, 0.5) is 0 Å². The number of ether oxygens (including phenoxy) is 2. The fraction of sp³-hybridized carbons (Fsp3) is 0.182. The minimum Gasteiger partial charge on any atom is -0.497 e. The monoisotopic (exact) mass is 348 g/mol. The Morgan fingerprint density at radius 2 is 1.77 bits per heavy atom. The van der Waals surface area contributed by atoms with E-state index in [0.29, 0.717) is 5.56 Å². The molecule has 0 spiro atoms. The number of benzene rings is 2. The fourth-order valence-corrected chi connectivity index (χ4v) is 3.24. The standard InChI is InChI=1S/C22H20O4/c1-25-18-12-9-16(10-13-18)6-5-15-22(21(24)26-2)19-8-4-3-7-17(19)11-14-20(22)23/h3-14H,15H2,1-2H3/b6-5-. The minimum atomic E-state index is -1.34. The Morgan fingerprint density at radius 3 is 2.46 bits per heavy atom. The minimum absolute atomic E-state index is 0.228. The van der Waals surface area contributed by atoms with E-state index in [-0.39, 0.29) is 12.2 Å². The molecule has 0 radical (unpaired) electrons. The highest BCUT2D eigenvalue weighted by Gasteiger charge is 2.48. The van der Waals surface area contributed by atoms with Crippen LogP contribution in [-0.4, -0.2) is 26.0 Å². The second-order valence-electron chi connectivity index (χ2n) is 6.06. The van der Waals surface area contributed by atoms with E-state index in [0.717, 1.165) is 16.9 Å². The number of carbonyl (C=O) groups is 2. The number of fused-ring (bicyclic) bond motifs is 1. The molecule has 2 aromatic rings. The smallest absolute Gasteiger partial charge is 0.324 e. The predicted octanol–water partition coefficient (Wildman–Crippen LogP) is 3.81. The van der Waals surface area contributed by atoms with Crippen LogP contribution in [0.15, 0.2) is 60.7 Å². The lowest BCUT2D eigenvalue weighted by Crippen LogP contribution is -2.45. The zero-order valence-electron chi connectivity index (χ0n) is 14.8. The van der Waals surface area contributed by atoms with Crippen molar-refractivity contribution in [2.75, 3.05) is 14.2 Å². The SMILES string of the molecule is COC(=O)C1(C/C=C\c2ccc(OC)cc2)C(=O)C=Cc2ccccc21. The quantitative estimate of drug-likeness (QED) is 0.609. The van der Waals surface area contributed by atoms with E-state index in [2.05, 4.69) is 0 Å². The molecule has 4 heteroatoms. The van der Waals surface area contributed by atoms with Crippen molar-refractivity contribution < 1.29 is 19.1 Å². The number of allylic oxidation sites excluding steroid dienone is 2. The molecular formula is C22H20O4. The molecule has 0 saturated carbocycles. The fourth-order valence-electron chi connectivity index (χ4n) is 3.24. The lowest BCUT2D eigenvalue weighted by atomic mass is 9.69. The van der Waals surface area contributed by atoms with Gasteiger partial charge < -0.3 is 9.47 Å². The molecule has 0 aromatic heterocycles. The average molecular weight is 348 g/mol. The molecular weight excluding hydrogens is 328 g/mol. The maximum Gasteiger partial charge on any atom is 0.324 e. The maximum absolute atomic E-state index is 12.8. The predicted molar refractivity (Wildman–Crippen MR) is 101 cm³/mol. The van der Waals surface area contributed by atoms with Gasteiger partial charge in [-0.25, -0.2) is 0 Å². The summed E-state index contributed by atoms with van der Waals surface area (Å²) in [7, 11) is 2.93. The molecule has 0 heterocycles. The Bertz CT molecular complexity index is 877. The molecule has 1 aliphatic carbocycles. The van der Waals surface area contributed by atoms with E-state index in [1.54, 1.807) is 13.2 Å². The Labute approximate surface area is 152 Å². The molecule has 132 valence electrons. The van der Waals surface area contributed by atoms with E-state index in [9.17, 15) is 9.59 Å². The van der Waals surface area contributed by atoms with Gasteiger partial charge in [-0.15, -0.1) is 0 Å². The van der Waals surface area contributed by atoms with Gasteiger partial charge in [0.25, 0.3) is 0 Å². The maximum atomic E-state index is 12.8. The number of carbonyl (C=O) groups excluding carboxylic acids is 2. The summed E-state index contributed by atoms with van der Waals surface area (Å²) >= 11 is 0. The van der Waals surface area contributed by atoms with Gasteiger partial charge in [-0.1, -0.05) is 54.6 Å². The van der Waals surface area contributed by atoms with Gasteiger partial charge in [0.15, 0.2) is 11.2 Å². The van der Waals surface area contributed by atoms with Crippen molar-refractivity contribution in [3.63, 3.8) is 0 Å². The highest BCUT2D eigenvalue weighted by Crippen LogP contribution is 2.38. The van der Waals surface area contributed by atoms with Gasteiger partial charge in [0.1, 0.15) is 5.75 Å². The summed E-state index contributed by atoms with van der Waals surface area (Å²) in [6, 6.07) is 15.0. The topological polar surface area (TPSA) is 52.6 Å². The van der Waals surface area contributed by atoms with Crippen molar-refractivity contribution in [2.45, 2.75) is 11.8 Å². The normalized spacial score (nSPS) is 18.6. The van der Waals surface area contributed by atoms with E-state index in [1.165, 1.54) is 13.2 Å². The highest BCUT2D eigenvalue weighted by atomic mass is 16.5. The molecule has 1 unspecified atom stereocenters. The zero-order valence-corrected chi connectivity index (χ0v) is 14.8. The first-order valence-corrected chi connectivity index (χ1v) is 8.33. The summed E-state index contributed by atoms with van der Waals surface area (Å²) in [5.41, 5.74) is 1.15. The molecule has 3 rings (SSSR count). The second kappa shape index (κ2) is 7.40. The van der Waals surface area contributed by atoms with E-state index < -0.39 is 11.4 Å². The number of hydrogen-bond acceptors (Lipinski definition) is 4. The molecule has 1 aliphatic rings. The molecule has 0 amide bonds. The van der Waals surface area contributed by atoms with Crippen molar-refractivity contribution in [1.29, 1.82) is 0 Å². The molecule has 4 nitrogen and oxygen atoms in total. The van der Waals surface area contributed by atoms with Crippen LogP contribution in [0.2, 0.25) is 0 Å². The Hall–Kier alpha value is -3.14. The molecule has 2 aromatic carbocycles. The third-order valence-electron chi connectivity index (χ3n) is 4.64.